The number of nitrogens with two attached hydrogens (primary N) is 1. The minimum absolute atomic E-state index is 0.168. The van der Waals surface area contributed by atoms with Crippen LogP contribution >= 0.6 is 11.3 Å². The van der Waals surface area contributed by atoms with Gasteiger partial charge in [-0.2, -0.15) is 0 Å². The van der Waals surface area contributed by atoms with Gasteiger partial charge in [0.1, 0.15) is 9.88 Å². The summed E-state index contributed by atoms with van der Waals surface area (Å²) in [5, 5.41) is 9.33. The van der Waals surface area contributed by atoms with E-state index in [4.69, 9.17) is 10.8 Å². The molecule has 0 spiro atoms. The molecular weight excluding hydrogens is 216 g/mol. The summed E-state index contributed by atoms with van der Waals surface area (Å²) in [4.78, 5) is 26.0. The lowest BCUT2D eigenvalue weighted by atomic mass is 10.2. The summed E-state index contributed by atoms with van der Waals surface area (Å²) in [6.07, 6.45) is 0.657. The fraction of sp³-hybridized carbons (Fsp3) is 0.444. The molecule has 0 aliphatic rings. The van der Waals surface area contributed by atoms with E-state index in [1.54, 1.807) is 0 Å². The van der Waals surface area contributed by atoms with Crippen LogP contribution in [0, 0.1) is 0 Å². The minimum atomic E-state index is -1.19. The summed E-state index contributed by atoms with van der Waals surface area (Å²) in [6.45, 7) is 3.20. The van der Waals surface area contributed by atoms with E-state index in [2.05, 4.69) is 4.98 Å². The van der Waals surface area contributed by atoms with Gasteiger partial charge in [0.2, 0.25) is 0 Å². The topological polar surface area (TPSA) is 93.3 Å². The molecule has 0 aliphatic carbocycles. The highest BCUT2D eigenvalue weighted by molar-refractivity contribution is 7.14. The molecule has 3 N–H and O–H groups in total. The van der Waals surface area contributed by atoms with E-state index in [-0.39, 0.29) is 22.4 Å². The molecule has 0 aliphatic heterocycles. The van der Waals surface area contributed by atoms with Crippen molar-refractivity contribution in [2.45, 2.75) is 26.3 Å². The number of nitrogens with zero attached hydrogens (tertiary/aromatic N) is 1. The fourth-order valence-electron chi connectivity index (χ4n) is 1.05. The molecule has 15 heavy (non-hydrogen) atoms. The second-order valence-corrected chi connectivity index (χ2v) is 4.14. The van der Waals surface area contributed by atoms with Crippen LogP contribution in [-0.2, 0) is 0 Å². The third kappa shape index (κ3) is 2.40. The van der Waals surface area contributed by atoms with Gasteiger partial charge in [0.15, 0.2) is 11.5 Å². The van der Waals surface area contributed by atoms with Crippen LogP contribution in [0.4, 0.5) is 0 Å². The molecule has 5 nitrogen and oxygen atoms in total. The molecule has 0 saturated carbocycles. The van der Waals surface area contributed by atoms with Gasteiger partial charge in [0, 0.05) is 6.92 Å². The number of carboxylic acids is 1. The van der Waals surface area contributed by atoms with Crippen LogP contribution < -0.4 is 5.73 Å². The number of aromatic carboxylic acids is 1. The second kappa shape index (κ2) is 4.50. The molecule has 1 heterocycles. The first-order chi connectivity index (χ1) is 6.97. The van der Waals surface area contributed by atoms with E-state index in [0.29, 0.717) is 11.4 Å². The Morgan fingerprint density at radius 1 is 1.60 bits per heavy atom. The quantitative estimate of drug-likeness (QED) is 0.761. The van der Waals surface area contributed by atoms with E-state index in [1.165, 1.54) is 6.92 Å². The molecule has 0 radical (unpaired) electrons. The molecule has 82 valence electrons. The Balaban J connectivity index is 3.21. The Morgan fingerprint density at radius 2 is 2.20 bits per heavy atom. The first-order valence-electron chi connectivity index (χ1n) is 4.47. The molecule has 1 rings (SSSR count). The van der Waals surface area contributed by atoms with Gasteiger partial charge in [-0.05, 0) is 6.42 Å². The maximum atomic E-state index is 11.2. The van der Waals surface area contributed by atoms with Crippen LogP contribution in [0.15, 0.2) is 0 Å². The molecule has 1 aromatic heterocycles. The molecule has 1 atom stereocenters. The Hall–Kier alpha value is -1.27. The fourth-order valence-corrected chi connectivity index (χ4v) is 2.09. The van der Waals surface area contributed by atoms with Crippen molar-refractivity contribution in [1.82, 2.24) is 4.98 Å². The zero-order valence-electron chi connectivity index (χ0n) is 8.48. The Kier molecular flexibility index (Phi) is 3.54. The van der Waals surface area contributed by atoms with Gasteiger partial charge in [-0.1, -0.05) is 6.92 Å². The predicted molar refractivity (Wildman–Crippen MR) is 56.3 cm³/mol. The number of hydrogen-bond donors (Lipinski definition) is 2. The van der Waals surface area contributed by atoms with E-state index < -0.39 is 5.97 Å². The van der Waals surface area contributed by atoms with Gasteiger partial charge in [0.05, 0.1) is 6.04 Å². The number of carbonyl (C=O) groups is 2. The van der Waals surface area contributed by atoms with Crippen molar-refractivity contribution < 1.29 is 14.7 Å². The first kappa shape index (κ1) is 11.8. The standard InChI is InChI=1S/C9H12N2O3S/c1-3-5(10)8-11-6(9(13)14)7(15-8)4(2)12/h5H,3,10H2,1-2H3,(H,13,14). The number of carboxylic acid groups (broad SMARTS) is 1. The van der Waals surface area contributed by atoms with Gasteiger partial charge >= 0.3 is 5.97 Å². The summed E-state index contributed by atoms with van der Waals surface area (Å²) in [6, 6.07) is -0.304. The zero-order valence-corrected chi connectivity index (χ0v) is 9.30. The second-order valence-electron chi connectivity index (χ2n) is 3.11. The van der Waals surface area contributed by atoms with Crippen LogP contribution in [0.3, 0.4) is 0 Å². The Labute approximate surface area is 90.9 Å². The number of Topliss-reactive ketones (excluding diaryl/α,β-unsaturated/α-hetero) is 1. The maximum absolute atomic E-state index is 11.2. The highest BCUT2D eigenvalue weighted by Gasteiger charge is 2.22. The van der Waals surface area contributed by atoms with Gasteiger partial charge in [0.25, 0.3) is 0 Å². The first-order valence-corrected chi connectivity index (χ1v) is 5.29. The van der Waals surface area contributed by atoms with Crippen molar-refractivity contribution in [2.75, 3.05) is 0 Å². The molecule has 0 bridgehead atoms. The van der Waals surface area contributed by atoms with Crippen molar-refractivity contribution in [3.63, 3.8) is 0 Å². The zero-order chi connectivity index (χ0) is 11.6. The number of hydrogen-bond acceptors (Lipinski definition) is 5. The van der Waals surface area contributed by atoms with Crippen molar-refractivity contribution in [3.05, 3.63) is 15.6 Å². The van der Waals surface area contributed by atoms with Crippen LogP contribution in [0.1, 0.15) is 51.5 Å². The van der Waals surface area contributed by atoms with Crippen molar-refractivity contribution in [3.8, 4) is 0 Å². The highest BCUT2D eigenvalue weighted by Crippen LogP contribution is 2.24. The normalized spacial score (nSPS) is 12.5. The monoisotopic (exact) mass is 228 g/mol. The van der Waals surface area contributed by atoms with Crippen molar-refractivity contribution in [1.29, 1.82) is 0 Å². The van der Waals surface area contributed by atoms with Crippen LogP contribution in [0.5, 0.6) is 0 Å². The summed E-state index contributed by atoms with van der Waals surface area (Å²) < 4.78 is 0. The molecule has 0 saturated heterocycles. The van der Waals surface area contributed by atoms with Gasteiger partial charge in [-0.25, -0.2) is 9.78 Å². The van der Waals surface area contributed by atoms with Crippen molar-refractivity contribution >= 4 is 23.1 Å². The van der Waals surface area contributed by atoms with Gasteiger partial charge < -0.3 is 10.8 Å². The molecule has 1 aromatic rings. The predicted octanol–water partition coefficient (Wildman–Crippen LogP) is 1.45. The van der Waals surface area contributed by atoms with Gasteiger partial charge in [-0.3, -0.25) is 4.79 Å². The summed E-state index contributed by atoms with van der Waals surface area (Å²) in [5.41, 5.74) is 5.53. The van der Waals surface area contributed by atoms with Crippen LogP contribution in [0.2, 0.25) is 0 Å². The number of ketones is 1. The number of rotatable bonds is 4. The molecule has 0 fully saturated rings. The van der Waals surface area contributed by atoms with Crippen molar-refractivity contribution in [2.24, 2.45) is 5.73 Å². The minimum Gasteiger partial charge on any atom is -0.476 e. The number of aromatic nitrogens is 1. The van der Waals surface area contributed by atoms with Crippen LogP contribution in [0.25, 0.3) is 0 Å². The third-order valence-electron chi connectivity index (χ3n) is 1.92. The molecule has 6 heteroatoms. The lowest BCUT2D eigenvalue weighted by Crippen LogP contribution is -2.09. The lowest BCUT2D eigenvalue weighted by Gasteiger charge is -2.01. The number of thiazole rings is 1. The third-order valence-corrected chi connectivity index (χ3v) is 3.21. The molecule has 0 amide bonds. The largest absolute Gasteiger partial charge is 0.476 e. The smallest absolute Gasteiger partial charge is 0.356 e. The molecule has 1 unspecified atom stereocenters. The Bertz CT molecular complexity index is 369. The van der Waals surface area contributed by atoms with E-state index >= 15 is 0 Å². The van der Waals surface area contributed by atoms with E-state index in [0.717, 1.165) is 11.3 Å². The van der Waals surface area contributed by atoms with Gasteiger partial charge in [-0.15, -0.1) is 11.3 Å². The number of carbonyl (C=O) groups excluding carboxylic acids is 1. The summed E-state index contributed by atoms with van der Waals surface area (Å²) in [5.74, 6) is -1.48. The lowest BCUT2D eigenvalue weighted by molar-refractivity contribution is 0.0686. The SMILES string of the molecule is CCC(N)c1nc(C(=O)O)c(C(C)=O)s1. The highest BCUT2D eigenvalue weighted by atomic mass is 32.1. The average molecular weight is 228 g/mol. The molecule has 0 aromatic carbocycles. The van der Waals surface area contributed by atoms with E-state index in [1.807, 2.05) is 6.92 Å². The average Bonchev–Trinajstić information content (AvgIpc) is 2.61. The summed E-state index contributed by atoms with van der Waals surface area (Å²) >= 11 is 1.06. The Morgan fingerprint density at radius 3 is 2.53 bits per heavy atom. The molecular formula is C9H12N2O3S. The summed E-state index contributed by atoms with van der Waals surface area (Å²) in [7, 11) is 0. The van der Waals surface area contributed by atoms with Crippen LogP contribution in [-0.4, -0.2) is 21.8 Å². The van der Waals surface area contributed by atoms with E-state index in [9.17, 15) is 9.59 Å². The maximum Gasteiger partial charge on any atom is 0.356 e.